The summed E-state index contributed by atoms with van der Waals surface area (Å²) in [6, 6.07) is 14.1. The minimum atomic E-state index is -0.0307. The highest BCUT2D eigenvalue weighted by Gasteiger charge is 2.19. The van der Waals surface area contributed by atoms with E-state index < -0.39 is 0 Å². The van der Waals surface area contributed by atoms with Gasteiger partial charge in [-0.3, -0.25) is 4.90 Å². The van der Waals surface area contributed by atoms with E-state index >= 15 is 0 Å². The number of urea groups is 1. The summed E-state index contributed by atoms with van der Waals surface area (Å²) in [6.45, 7) is 6.24. The van der Waals surface area contributed by atoms with Gasteiger partial charge in [0.2, 0.25) is 0 Å². The van der Waals surface area contributed by atoms with Gasteiger partial charge in [-0.05, 0) is 49.2 Å². The summed E-state index contributed by atoms with van der Waals surface area (Å²) in [7, 11) is 1.68. The van der Waals surface area contributed by atoms with Crippen molar-refractivity contribution in [3.8, 4) is 5.75 Å². The van der Waals surface area contributed by atoms with Crippen LogP contribution in [0.25, 0.3) is 10.2 Å². The molecule has 0 atom stereocenters. The maximum Gasteiger partial charge on any atom is 0.321 e. The van der Waals surface area contributed by atoms with E-state index in [1.165, 1.54) is 5.56 Å². The van der Waals surface area contributed by atoms with E-state index in [-0.39, 0.29) is 6.03 Å². The number of methoxy groups -OCH3 is 1. The standard InChI is InChI=1S/C22H26N4O2S/c1-16-23-20-9-6-18(14-21(20)29-16)24-22(27)26-11-3-10-25(12-13-26)15-17-4-7-19(28-2)8-5-17/h4-9,14H,3,10-13,15H2,1-2H3,(H,24,27). The number of anilines is 1. The third-order valence-corrected chi connectivity index (χ3v) is 6.12. The Hall–Kier alpha value is -2.64. The molecule has 0 radical (unpaired) electrons. The average Bonchev–Trinajstić information content (AvgIpc) is 2.93. The van der Waals surface area contributed by atoms with Crippen molar-refractivity contribution in [2.75, 3.05) is 38.6 Å². The minimum absolute atomic E-state index is 0.0307. The fourth-order valence-corrected chi connectivity index (χ4v) is 4.51. The van der Waals surface area contributed by atoms with Crippen LogP contribution in [0.1, 0.15) is 17.0 Å². The van der Waals surface area contributed by atoms with Crippen molar-refractivity contribution < 1.29 is 9.53 Å². The zero-order valence-electron chi connectivity index (χ0n) is 16.9. The van der Waals surface area contributed by atoms with E-state index in [0.717, 1.165) is 65.8 Å². The van der Waals surface area contributed by atoms with E-state index in [9.17, 15) is 4.79 Å². The molecule has 1 aliphatic rings. The molecular weight excluding hydrogens is 384 g/mol. The maximum absolute atomic E-state index is 12.8. The van der Waals surface area contributed by atoms with E-state index in [1.54, 1.807) is 18.4 Å². The molecule has 1 saturated heterocycles. The second-order valence-corrected chi connectivity index (χ2v) is 8.55. The fourth-order valence-electron chi connectivity index (χ4n) is 3.64. The molecule has 4 rings (SSSR count). The Balaban J connectivity index is 1.33. The van der Waals surface area contributed by atoms with Crippen LogP contribution in [0.2, 0.25) is 0 Å². The highest BCUT2D eigenvalue weighted by molar-refractivity contribution is 7.18. The molecule has 7 heteroatoms. The van der Waals surface area contributed by atoms with Gasteiger partial charge in [-0.1, -0.05) is 12.1 Å². The number of hydrogen-bond acceptors (Lipinski definition) is 5. The van der Waals surface area contributed by atoms with E-state index in [4.69, 9.17) is 4.74 Å². The van der Waals surface area contributed by atoms with Crippen LogP contribution in [0.15, 0.2) is 42.5 Å². The number of fused-ring (bicyclic) bond motifs is 1. The summed E-state index contributed by atoms with van der Waals surface area (Å²) in [5.74, 6) is 0.874. The zero-order valence-corrected chi connectivity index (χ0v) is 17.7. The Morgan fingerprint density at radius 1 is 1.14 bits per heavy atom. The zero-order chi connectivity index (χ0) is 20.2. The number of nitrogens with one attached hydrogen (secondary N) is 1. The Morgan fingerprint density at radius 2 is 1.97 bits per heavy atom. The number of aromatic nitrogens is 1. The third-order valence-electron chi connectivity index (χ3n) is 5.19. The Bertz CT molecular complexity index is 986. The molecule has 0 saturated carbocycles. The van der Waals surface area contributed by atoms with Crippen LogP contribution in [0.4, 0.5) is 10.5 Å². The van der Waals surface area contributed by atoms with Gasteiger partial charge in [-0.25, -0.2) is 9.78 Å². The van der Waals surface area contributed by atoms with Gasteiger partial charge in [0.05, 0.1) is 22.3 Å². The molecule has 3 aromatic rings. The third kappa shape index (κ3) is 4.86. The molecular formula is C22H26N4O2S. The summed E-state index contributed by atoms with van der Waals surface area (Å²) in [5, 5.41) is 4.09. The highest BCUT2D eigenvalue weighted by Crippen LogP contribution is 2.25. The van der Waals surface area contributed by atoms with Crippen LogP contribution in [-0.2, 0) is 6.54 Å². The maximum atomic E-state index is 12.8. The molecule has 1 aliphatic heterocycles. The van der Waals surface area contributed by atoms with E-state index in [0.29, 0.717) is 0 Å². The van der Waals surface area contributed by atoms with Gasteiger partial charge < -0.3 is 15.0 Å². The molecule has 6 nitrogen and oxygen atoms in total. The fraction of sp³-hybridized carbons (Fsp3) is 0.364. The van der Waals surface area contributed by atoms with Crippen molar-refractivity contribution in [2.45, 2.75) is 19.9 Å². The van der Waals surface area contributed by atoms with Gasteiger partial charge in [-0.15, -0.1) is 11.3 Å². The first kappa shape index (κ1) is 19.7. The average molecular weight is 411 g/mol. The Morgan fingerprint density at radius 3 is 2.76 bits per heavy atom. The first-order valence-corrected chi connectivity index (χ1v) is 10.7. The summed E-state index contributed by atoms with van der Waals surface area (Å²) in [6.07, 6.45) is 0.969. The van der Waals surface area contributed by atoms with Crippen molar-refractivity contribution >= 4 is 33.3 Å². The van der Waals surface area contributed by atoms with Gasteiger partial charge in [0, 0.05) is 38.4 Å². The number of carbonyl (C=O) groups is 1. The molecule has 2 heterocycles. The molecule has 0 aliphatic carbocycles. The second kappa shape index (κ2) is 8.80. The molecule has 1 fully saturated rings. The number of benzene rings is 2. The van der Waals surface area contributed by atoms with Crippen LogP contribution in [0, 0.1) is 6.92 Å². The number of aryl methyl sites for hydroxylation is 1. The lowest BCUT2D eigenvalue weighted by atomic mass is 10.2. The summed E-state index contributed by atoms with van der Waals surface area (Å²) in [5.41, 5.74) is 3.07. The van der Waals surface area contributed by atoms with Crippen molar-refractivity contribution in [1.82, 2.24) is 14.8 Å². The topological polar surface area (TPSA) is 57.7 Å². The van der Waals surface area contributed by atoms with E-state index in [1.807, 2.05) is 42.2 Å². The summed E-state index contributed by atoms with van der Waals surface area (Å²) < 4.78 is 6.32. The highest BCUT2D eigenvalue weighted by atomic mass is 32.1. The smallest absolute Gasteiger partial charge is 0.321 e. The lowest BCUT2D eigenvalue weighted by molar-refractivity contribution is 0.211. The van der Waals surface area contributed by atoms with Crippen molar-refractivity contribution in [2.24, 2.45) is 0 Å². The van der Waals surface area contributed by atoms with Crippen molar-refractivity contribution in [1.29, 1.82) is 0 Å². The van der Waals surface area contributed by atoms with Crippen LogP contribution >= 0.6 is 11.3 Å². The Kier molecular flexibility index (Phi) is 5.97. The number of hydrogen-bond donors (Lipinski definition) is 1. The van der Waals surface area contributed by atoms with Gasteiger partial charge in [0.15, 0.2) is 0 Å². The predicted molar refractivity (Wildman–Crippen MR) is 118 cm³/mol. The lowest BCUT2D eigenvalue weighted by Gasteiger charge is -2.22. The minimum Gasteiger partial charge on any atom is -0.497 e. The summed E-state index contributed by atoms with van der Waals surface area (Å²) in [4.78, 5) is 21.6. The summed E-state index contributed by atoms with van der Waals surface area (Å²) >= 11 is 1.65. The van der Waals surface area contributed by atoms with Crippen LogP contribution in [0.5, 0.6) is 5.75 Å². The van der Waals surface area contributed by atoms with Crippen LogP contribution in [-0.4, -0.2) is 54.1 Å². The molecule has 0 spiro atoms. The van der Waals surface area contributed by atoms with Crippen molar-refractivity contribution in [3.05, 3.63) is 53.0 Å². The normalized spacial score (nSPS) is 15.3. The number of nitrogens with zero attached hydrogens (tertiary/aromatic N) is 3. The quantitative estimate of drug-likeness (QED) is 0.695. The second-order valence-electron chi connectivity index (χ2n) is 7.31. The van der Waals surface area contributed by atoms with Crippen molar-refractivity contribution in [3.63, 3.8) is 0 Å². The molecule has 152 valence electrons. The SMILES string of the molecule is COc1ccc(CN2CCCN(C(=O)Nc3ccc4nc(C)sc4c3)CC2)cc1. The predicted octanol–water partition coefficient (Wildman–Crippen LogP) is 4.35. The first-order valence-electron chi connectivity index (χ1n) is 9.89. The number of ether oxygens (including phenoxy) is 1. The molecule has 0 unspecified atom stereocenters. The lowest BCUT2D eigenvalue weighted by Crippen LogP contribution is -2.38. The molecule has 1 N–H and O–H groups in total. The number of amides is 2. The van der Waals surface area contributed by atoms with Gasteiger partial charge in [0.1, 0.15) is 5.75 Å². The Labute approximate surface area is 175 Å². The van der Waals surface area contributed by atoms with Gasteiger partial charge in [-0.2, -0.15) is 0 Å². The molecule has 29 heavy (non-hydrogen) atoms. The largest absolute Gasteiger partial charge is 0.497 e. The number of thiazole rings is 1. The number of rotatable bonds is 4. The monoisotopic (exact) mass is 410 g/mol. The van der Waals surface area contributed by atoms with E-state index in [2.05, 4.69) is 27.3 Å². The molecule has 2 aromatic carbocycles. The van der Waals surface area contributed by atoms with Crippen LogP contribution < -0.4 is 10.1 Å². The first-order chi connectivity index (χ1) is 14.1. The van der Waals surface area contributed by atoms with Crippen LogP contribution in [0.3, 0.4) is 0 Å². The van der Waals surface area contributed by atoms with Gasteiger partial charge in [0.25, 0.3) is 0 Å². The molecule has 0 bridgehead atoms. The van der Waals surface area contributed by atoms with Gasteiger partial charge >= 0.3 is 6.03 Å². The molecule has 1 aromatic heterocycles. The number of carbonyl (C=O) groups excluding carboxylic acids is 1. The molecule has 2 amide bonds.